The Labute approximate surface area is 312 Å². The molecule has 2 heterocycles. The molecule has 1 atom stereocenters. The predicted molar refractivity (Wildman–Crippen MR) is 201 cm³/mol. The van der Waals surface area contributed by atoms with E-state index in [1.54, 1.807) is 35.4 Å². The molecule has 1 unspecified atom stereocenters. The highest BCUT2D eigenvalue weighted by Crippen LogP contribution is 2.29. The number of carbonyl (C=O) groups is 4. The number of allylic oxidation sites excluding steroid dienone is 2. The third-order valence-electron chi connectivity index (χ3n) is 9.18. The lowest BCUT2D eigenvalue weighted by Crippen LogP contribution is -2.53. The number of hydrogen-bond acceptors (Lipinski definition) is 8. The summed E-state index contributed by atoms with van der Waals surface area (Å²) < 4.78 is 20.4. The summed E-state index contributed by atoms with van der Waals surface area (Å²) >= 11 is 6.06. The summed E-state index contributed by atoms with van der Waals surface area (Å²) in [5.74, 6) is -1.92. The monoisotopic (exact) mass is 743 g/mol. The minimum atomic E-state index is -0.569. The van der Waals surface area contributed by atoms with Crippen LogP contribution in [0.15, 0.2) is 84.3 Å². The number of nitrogens with two attached hydrogens (primary N) is 1. The highest BCUT2D eigenvalue weighted by atomic mass is 35.5. The standard InChI is InChI=1S/C39H43ClFN7O5/c1-26-5-2-3-8-31(26)34(42)20-27-9-10-33(41)32(19-27)39(52)48-14-12-47(13-15-48)36(50)24-46(25-49)16-18-53-17-11-44-38(51)37-35(43)22-29(23-45-37)28-6-4-7-30(40)21-28/h2-8,10,19,21-23,25,27,42H,9,11-18,20,24,43H2,1H3,(H,44,51). The number of nitrogens with one attached hydrogen (secondary N) is 2. The Balaban J connectivity index is 1.00. The third-order valence-corrected chi connectivity index (χ3v) is 9.41. The molecule has 3 aromatic rings. The van der Waals surface area contributed by atoms with Crippen molar-refractivity contribution in [1.82, 2.24) is 25.0 Å². The first-order chi connectivity index (χ1) is 25.5. The Kier molecular flexibility index (Phi) is 13.5. The molecule has 0 spiro atoms. The summed E-state index contributed by atoms with van der Waals surface area (Å²) in [4.78, 5) is 59.2. The molecule has 1 aromatic heterocycles. The number of nitrogens with zero attached hydrogens (tertiary/aromatic N) is 4. The molecule has 1 aliphatic heterocycles. The second-order valence-electron chi connectivity index (χ2n) is 12.9. The maximum atomic E-state index is 14.9. The van der Waals surface area contributed by atoms with Crippen LogP contribution in [0, 0.1) is 18.3 Å². The molecule has 4 N–H and O–H groups in total. The molecule has 1 saturated heterocycles. The van der Waals surface area contributed by atoms with Crippen LogP contribution in [0.2, 0.25) is 5.02 Å². The van der Waals surface area contributed by atoms with Crippen LogP contribution in [0.25, 0.3) is 11.1 Å². The molecule has 0 radical (unpaired) electrons. The Bertz CT molecular complexity index is 1910. The molecule has 4 amide bonds. The van der Waals surface area contributed by atoms with Crippen molar-refractivity contribution in [2.45, 2.75) is 19.8 Å². The average molecular weight is 744 g/mol. The fourth-order valence-corrected chi connectivity index (χ4v) is 6.41. The number of hydrogen-bond donors (Lipinski definition) is 3. The zero-order valence-electron chi connectivity index (χ0n) is 29.5. The number of rotatable bonds is 15. The minimum absolute atomic E-state index is 0.00491. The molecule has 1 aliphatic carbocycles. The van der Waals surface area contributed by atoms with Gasteiger partial charge in [-0.25, -0.2) is 9.37 Å². The number of piperazine rings is 1. The second-order valence-corrected chi connectivity index (χ2v) is 13.4. The number of benzene rings is 2. The van der Waals surface area contributed by atoms with E-state index < -0.39 is 17.6 Å². The van der Waals surface area contributed by atoms with E-state index in [0.29, 0.717) is 30.0 Å². The molecule has 0 saturated carbocycles. The van der Waals surface area contributed by atoms with E-state index in [4.69, 9.17) is 27.5 Å². The van der Waals surface area contributed by atoms with Crippen molar-refractivity contribution in [2.24, 2.45) is 5.92 Å². The number of ether oxygens (including phenoxy) is 1. The van der Waals surface area contributed by atoms with E-state index in [2.05, 4.69) is 10.3 Å². The molecule has 2 aliphatic rings. The summed E-state index contributed by atoms with van der Waals surface area (Å²) in [6.07, 6.45) is 5.96. The Morgan fingerprint density at radius 3 is 2.55 bits per heavy atom. The van der Waals surface area contributed by atoms with E-state index >= 15 is 0 Å². The average Bonchev–Trinajstić information content (AvgIpc) is 3.16. The van der Waals surface area contributed by atoms with Crippen molar-refractivity contribution >= 4 is 47.1 Å². The highest BCUT2D eigenvalue weighted by molar-refractivity contribution is 6.30. The normalized spacial score (nSPS) is 15.6. The fraction of sp³-hybridized carbons (Fsp3) is 0.333. The number of aromatic nitrogens is 1. The first-order valence-electron chi connectivity index (χ1n) is 17.4. The summed E-state index contributed by atoms with van der Waals surface area (Å²) in [5.41, 5.74) is 10.2. The van der Waals surface area contributed by atoms with Crippen molar-refractivity contribution in [1.29, 1.82) is 5.41 Å². The van der Waals surface area contributed by atoms with Crippen LogP contribution in [0.1, 0.15) is 34.5 Å². The van der Waals surface area contributed by atoms with Crippen LogP contribution in [0.3, 0.4) is 0 Å². The van der Waals surface area contributed by atoms with E-state index in [1.165, 1.54) is 15.9 Å². The summed E-state index contributed by atoms with van der Waals surface area (Å²) in [5, 5.41) is 11.8. The molecule has 0 bridgehead atoms. The van der Waals surface area contributed by atoms with Crippen molar-refractivity contribution in [3.05, 3.63) is 106 Å². The van der Waals surface area contributed by atoms with Gasteiger partial charge >= 0.3 is 0 Å². The smallest absolute Gasteiger partial charge is 0.272 e. The second kappa shape index (κ2) is 18.4. The van der Waals surface area contributed by atoms with Gasteiger partial charge < -0.3 is 35.9 Å². The van der Waals surface area contributed by atoms with E-state index in [1.807, 2.05) is 43.3 Å². The fourth-order valence-electron chi connectivity index (χ4n) is 6.22. The minimum Gasteiger partial charge on any atom is -0.397 e. The maximum absolute atomic E-state index is 14.9. The van der Waals surface area contributed by atoms with Crippen molar-refractivity contribution in [3.8, 4) is 11.1 Å². The van der Waals surface area contributed by atoms with Crippen molar-refractivity contribution in [3.63, 3.8) is 0 Å². The lowest BCUT2D eigenvalue weighted by molar-refractivity contribution is -0.140. The first-order valence-corrected chi connectivity index (χ1v) is 17.8. The van der Waals surface area contributed by atoms with Crippen LogP contribution < -0.4 is 11.1 Å². The van der Waals surface area contributed by atoms with Crippen molar-refractivity contribution in [2.75, 3.05) is 64.8 Å². The summed E-state index contributed by atoms with van der Waals surface area (Å²) in [6, 6.07) is 16.5. The lowest BCUT2D eigenvalue weighted by Gasteiger charge is -2.36. The summed E-state index contributed by atoms with van der Waals surface area (Å²) in [6.45, 7) is 3.35. The topological polar surface area (TPSA) is 162 Å². The quantitative estimate of drug-likeness (QED) is 0.118. The third kappa shape index (κ3) is 10.4. The van der Waals surface area contributed by atoms with Gasteiger partial charge in [-0.05, 0) is 66.6 Å². The van der Waals surface area contributed by atoms with Gasteiger partial charge in [-0.2, -0.15) is 0 Å². The van der Waals surface area contributed by atoms with Gasteiger partial charge in [0.1, 0.15) is 5.83 Å². The zero-order chi connectivity index (χ0) is 37.9. The summed E-state index contributed by atoms with van der Waals surface area (Å²) in [7, 11) is 0. The highest BCUT2D eigenvalue weighted by Gasteiger charge is 2.30. The predicted octanol–water partition coefficient (Wildman–Crippen LogP) is 4.43. The van der Waals surface area contributed by atoms with Gasteiger partial charge in [-0.15, -0.1) is 0 Å². The number of halogens is 2. The Morgan fingerprint density at radius 1 is 1.08 bits per heavy atom. The molecule has 1 fully saturated rings. The zero-order valence-corrected chi connectivity index (χ0v) is 30.3. The number of anilines is 1. The van der Waals surface area contributed by atoms with Gasteiger partial charge in [-0.1, -0.05) is 54.1 Å². The molecule has 278 valence electrons. The SMILES string of the molecule is Cc1ccccc1C(=N)CC1C=C(C(=O)N2CCN(C(=O)CN(C=O)CCOCCNC(=O)c3ncc(-c4cccc(Cl)c4)cc3N)CC2)C(F)=CC1. The van der Waals surface area contributed by atoms with Crippen LogP contribution in [0.4, 0.5) is 10.1 Å². The number of nitrogen functional groups attached to an aromatic ring is 1. The van der Waals surface area contributed by atoms with Gasteiger partial charge in [0.05, 0.1) is 31.0 Å². The first kappa shape index (κ1) is 38.8. The van der Waals surface area contributed by atoms with Gasteiger partial charge in [0.15, 0.2) is 5.69 Å². The van der Waals surface area contributed by atoms with Crippen molar-refractivity contribution < 1.29 is 28.3 Å². The van der Waals surface area contributed by atoms with E-state index in [0.717, 1.165) is 22.3 Å². The van der Waals surface area contributed by atoms with E-state index in [-0.39, 0.29) is 87.8 Å². The Hall–Kier alpha value is -5.40. The molecule has 53 heavy (non-hydrogen) atoms. The molecule has 12 nitrogen and oxygen atoms in total. The Morgan fingerprint density at radius 2 is 1.83 bits per heavy atom. The number of amides is 4. The van der Waals surface area contributed by atoms with Gasteiger partial charge in [0.2, 0.25) is 12.3 Å². The largest absolute Gasteiger partial charge is 0.397 e. The molecule has 2 aromatic carbocycles. The van der Waals surface area contributed by atoms with Crippen LogP contribution in [-0.4, -0.2) is 109 Å². The number of aryl methyl sites for hydroxylation is 1. The van der Waals surface area contributed by atoms with Crippen LogP contribution >= 0.6 is 11.6 Å². The number of pyridine rings is 1. The molecular weight excluding hydrogens is 701 g/mol. The van der Waals surface area contributed by atoms with Crippen LogP contribution in [-0.2, 0) is 19.1 Å². The van der Waals surface area contributed by atoms with Gasteiger partial charge in [-0.3, -0.25) is 19.2 Å². The van der Waals surface area contributed by atoms with Gasteiger partial charge in [0, 0.05) is 61.8 Å². The lowest BCUT2D eigenvalue weighted by atomic mass is 9.88. The van der Waals surface area contributed by atoms with E-state index in [9.17, 15) is 23.6 Å². The maximum Gasteiger partial charge on any atom is 0.272 e. The van der Waals surface area contributed by atoms with Crippen LogP contribution in [0.5, 0.6) is 0 Å². The molecular formula is C39H43ClFN7O5. The van der Waals surface area contributed by atoms with Gasteiger partial charge in [0.25, 0.3) is 11.8 Å². The molecule has 5 rings (SSSR count). The number of carbonyl (C=O) groups excluding carboxylic acids is 4. The molecule has 14 heteroatoms.